The number of hydrogen-bond acceptors (Lipinski definition) is 2. The topological polar surface area (TPSA) is 26.3 Å². The highest BCUT2D eigenvalue weighted by Gasteiger charge is 2.06. The van der Waals surface area contributed by atoms with Gasteiger partial charge in [-0.1, -0.05) is 24.6 Å². The first-order chi connectivity index (χ1) is 8.77. The van der Waals surface area contributed by atoms with Crippen molar-refractivity contribution in [2.75, 3.05) is 6.61 Å². The van der Waals surface area contributed by atoms with Crippen molar-refractivity contribution < 1.29 is 9.53 Å². The van der Waals surface area contributed by atoms with Crippen molar-refractivity contribution in [2.45, 2.75) is 39.0 Å². The predicted molar refractivity (Wildman–Crippen MR) is 75.2 cm³/mol. The third-order valence-corrected chi connectivity index (χ3v) is 2.78. The molecule has 0 bridgehead atoms. The summed E-state index contributed by atoms with van der Waals surface area (Å²) in [5.74, 6) is 0.977. The summed E-state index contributed by atoms with van der Waals surface area (Å²) in [6.07, 6.45) is 6.73. The molecule has 0 aliphatic rings. The Bertz CT molecular complexity index is 382. The van der Waals surface area contributed by atoms with Crippen molar-refractivity contribution in [2.24, 2.45) is 0 Å². The van der Waals surface area contributed by atoms with Gasteiger partial charge in [0.1, 0.15) is 5.75 Å². The smallest absolute Gasteiger partial charge is 0.163 e. The first-order valence-electron chi connectivity index (χ1n) is 6.65. The van der Waals surface area contributed by atoms with Gasteiger partial charge in [-0.3, -0.25) is 4.79 Å². The zero-order valence-corrected chi connectivity index (χ0v) is 11.2. The lowest BCUT2D eigenvalue weighted by Gasteiger charge is -2.05. The van der Waals surface area contributed by atoms with E-state index >= 15 is 0 Å². The number of carbonyl (C=O) groups is 1. The van der Waals surface area contributed by atoms with E-state index in [0.717, 1.165) is 37.0 Å². The van der Waals surface area contributed by atoms with Gasteiger partial charge in [-0.25, -0.2) is 0 Å². The van der Waals surface area contributed by atoms with Crippen LogP contribution in [0.2, 0.25) is 0 Å². The van der Waals surface area contributed by atoms with Crippen molar-refractivity contribution in [1.29, 1.82) is 0 Å². The third-order valence-electron chi connectivity index (χ3n) is 2.78. The Hall–Kier alpha value is -1.57. The van der Waals surface area contributed by atoms with Crippen molar-refractivity contribution in [3.8, 4) is 5.75 Å². The molecule has 18 heavy (non-hydrogen) atoms. The fourth-order valence-electron chi connectivity index (χ4n) is 1.82. The molecule has 0 saturated heterocycles. The molecule has 0 aliphatic carbocycles. The van der Waals surface area contributed by atoms with E-state index in [1.54, 1.807) is 0 Å². The van der Waals surface area contributed by atoms with Crippen LogP contribution in [-0.4, -0.2) is 12.4 Å². The predicted octanol–water partition coefficient (Wildman–Crippen LogP) is 4.40. The van der Waals surface area contributed by atoms with Gasteiger partial charge in [0.15, 0.2) is 5.78 Å². The van der Waals surface area contributed by atoms with Crippen LogP contribution in [0.5, 0.6) is 5.75 Å². The summed E-state index contributed by atoms with van der Waals surface area (Å²) in [7, 11) is 0. The molecule has 2 heteroatoms. The highest BCUT2D eigenvalue weighted by molar-refractivity contribution is 5.96. The quantitative estimate of drug-likeness (QED) is 0.366. The number of benzene rings is 1. The SMILES string of the molecule is C=CCCCCCC(=O)c1cccc(OCC)c1. The molecule has 0 fully saturated rings. The molecule has 1 rings (SSSR count). The van der Waals surface area contributed by atoms with E-state index in [9.17, 15) is 4.79 Å². The van der Waals surface area contributed by atoms with Crippen LogP contribution in [0.4, 0.5) is 0 Å². The zero-order chi connectivity index (χ0) is 13.2. The average molecular weight is 246 g/mol. The average Bonchev–Trinajstić information content (AvgIpc) is 2.39. The summed E-state index contributed by atoms with van der Waals surface area (Å²) in [5, 5.41) is 0. The Morgan fingerprint density at radius 2 is 2.17 bits per heavy atom. The number of ether oxygens (including phenoxy) is 1. The minimum absolute atomic E-state index is 0.204. The van der Waals surface area contributed by atoms with Crippen LogP contribution in [0.25, 0.3) is 0 Å². The minimum atomic E-state index is 0.204. The first kappa shape index (κ1) is 14.5. The van der Waals surface area contributed by atoms with Gasteiger partial charge in [0.25, 0.3) is 0 Å². The van der Waals surface area contributed by atoms with Gasteiger partial charge in [-0.2, -0.15) is 0 Å². The maximum Gasteiger partial charge on any atom is 0.163 e. The Balaban J connectivity index is 2.40. The van der Waals surface area contributed by atoms with Gasteiger partial charge in [0, 0.05) is 12.0 Å². The molecule has 98 valence electrons. The molecule has 0 N–H and O–H groups in total. The normalized spacial score (nSPS) is 10.1. The summed E-state index contributed by atoms with van der Waals surface area (Å²) in [5.41, 5.74) is 0.754. The zero-order valence-electron chi connectivity index (χ0n) is 11.2. The van der Waals surface area contributed by atoms with Gasteiger partial charge < -0.3 is 4.74 Å². The molecular formula is C16H22O2. The van der Waals surface area contributed by atoms with Crippen LogP contribution in [0.3, 0.4) is 0 Å². The maximum absolute atomic E-state index is 12.0. The largest absolute Gasteiger partial charge is 0.494 e. The number of carbonyl (C=O) groups excluding carboxylic acids is 1. The molecule has 1 aromatic rings. The van der Waals surface area contributed by atoms with Gasteiger partial charge >= 0.3 is 0 Å². The van der Waals surface area contributed by atoms with Gasteiger partial charge in [-0.05, 0) is 38.3 Å². The number of allylic oxidation sites excluding steroid dienone is 1. The van der Waals surface area contributed by atoms with Crippen LogP contribution in [0, 0.1) is 0 Å². The number of ketones is 1. The highest BCUT2D eigenvalue weighted by Crippen LogP contribution is 2.16. The number of Topliss-reactive ketones (excluding diaryl/α,β-unsaturated/α-hetero) is 1. The molecule has 0 aromatic heterocycles. The summed E-state index contributed by atoms with van der Waals surface area (Å²) >= 11 is 0. The van der Waals surface area contributed by atoms with Crippen molar-refractivity contribution in [1.82, 2.24) is 0 Å². The summed E-state index contributed by atoms with van der Waals surface area (Å²) in [6.45, 7) is 6.25. The summed E-state index contributed by atoms with van der Waals surface area (Å²) in [4.78, 5) is 12.0. The molecule has 0 unspecified atom stereocenters. The molecule has 0 radical (unpaired) electrons. The standard InChI is InChI=1S/C16H22O2/c1-3-5-6-7-8-12-16(17)14-10-9-11-15(13-14)18-4-2/h3,9-11,13H,1,4-8,12H2,2H3. The second kappa shape index (κ2) is 8.51. The Kier molecular flexibility index (Phi) is 6.85. The van der Waals surface area contributed by atoms with Crippen LogP contribution in [0.1, 0.15) is 49.4 Å². The maximum atomic E-state index is 12.0. The molecule has 0 spiro atoms. The molecule has 0 amide bonds. The molecular weight excluding hydrogens is 224 g/mol. The lowest BCUT2D eigenvalue weighted by Crippen LogP contribution is -2.00. The fraction of sp³-hybridized carbons (Fsp3) is 0.438. The molecule has 2 nitrogen and oxygen atoms in total. The monoisotopic (exact) mass is 246 g/mol. The van der Waals surface area contributed by atoms with E-state index in [4.69, 9.17) is 4.74 Å². The van der Waals surface area contributed by atoms with E-state index in [-0.39, 0.29) is 5.78 Å². The van der Waals surface area contributed by atoms with Crippen molar-refractivity contribution >= 4 is 5.78 Å². The molecule has 0 atom stereocenters. The van der Waals surface area contributed by atoms with Gasteiger partial charge in [0.2, 0.25) is 0 Å². The van der Waals surface area contributed by atoms with E-state index in [1.807, 2.05) is 37.3 Å². The molecule has 0 saturated carbocycles. The second-order valence-electron chi connectivity index (χ2n) is 4.27. The number of unbranched alkanes of at least 4 members (excludes halogenated alkanes) is 3. The second-order valence-corrected chi connectivity index (χ2v) is 4.27. The molecule has 0 heterocycles. The Morgan fingerprint density at radius 3 is 2.89 bits per heavy atom. The summed E-state index contributed by atoms with van der Waals surface area (Å²) < 4.78 is 5.39. The van der Waals surface area contributed by atoms with Crippen LogP contribution >= 0.6 is 0 Å². The fourth-order valence-corrected chi connectivity index (χ4v) is 1.82. The van der Waals surface area contributed by atoms with E-state index in [1.165, 1.54) is 0 Å². The van der Waals surface area contributed by atoms with E-state index in [0.29, 0.717) is 13.0 Å². The number of hydrogen-bond donors (Lipinski definition) is 0. The van der Waals surface area contributed by atoms with Gasteiger partial charge in [0.05, 0.1) is 6.61 Å². The minimum Gasteiger partial charge on any atom is -0.494 e. The van der Waals surface area contributed by atoms with Crippen molar-refractivity contribution in [3.63, 3.8) is 0 Å². The summed E-state index contributed by atoms with van der Waals surface area (Å²) in [6, 6.07) is 7.43. The Morgan fingerprint density at radius 1 is 1.33 bits per heavy atom. The Labute approximate surface area is 110 Å². The highest BCUT2D eigenvalue weighted by atomic mass is 16.5. The van der Waals surface area contributed by atoms with Crippen LogP contribution in [-0.2, 0) is 0 Å². The lowest BCUT2D eigenvalue weighted by molar-refractivity contribution is 0.0978. The molecule has 0 aliphatic heterocycles. The number of rotatable bonds is 9. The van der Waals surface area contributed by atoms with E-state index in [2.05, 4.69) is 6.58 Å². The van der Waals surface area contributed by atoms with Gasteiger partial charge in [-0.15, -0.1) is 6.58 Å². The lowest BCUT2D eigenvalue weighted by atomic mass is 10.0. The van der Waals surface area contributed by atoms with Crippen LogP contribution in [0.15, 0.2) is 36.9 Å². The first-order valence-corrected chi connectivity index (χ1v) is 6.65. The molecule has 1 aromatic carbocycles. The third kappa shape index (κ3) is 5.17. The van der Waals surface area contributed by atoms with Crippen LogP contribution < -0.4 is 4.74 Å². The van der Waals surface area contributed by atoms with Crippen molar-refractivity contribution in [3.05, 3.63) is 42.5 Å². The van der Waals surface area contributed by atoms with E-state index < -0.39 is 0 Å².